The Bertz CT molecular complexity index is 835. The van der Waals surface area contributed by atoms with Crippen LogP contribution in [0.15, 0.2) is 33.3 Å². The second-order valence-corrected chi connectivity index (χ2v) is 6.86. The Morgan fingerprint density at radius 1 is 1.43 bits per heavy atom. The molecule has 0 unspecified atom stereocenters. The zero-order valence-electron chi connectivity index (χ0n) is 10.9. The van der Waals surface area contributed by atoms with Crippen LogP contribution in [0.4, 0.5) is 0 Å². The van der Waals surface area contributed by atoms with Crippen molar-refractivity contribution in [2.75, 3.05) is 0 Å². The lowest BCUT2D eigenvalue weighted by molar-refractivity contribution is 0.0696. The van der Waals surface area contributed by atoms with E-state index >= 15 is 0 Å². The number of hydrogen-bond acceptors (Lipinski definition) is 5. The molecule has 1 aromatic heterocycles. The molecule has 1 heterocycles. The Labute approximate surface area is 124 Å². The highest BCUT2D eigenvalue weighted by Gasteiger charge is 2.19. The minimum atomic E-state index is -3.87. The number of carboxylic acid groups (broad SMARTS) is 1. The van der Waals surface area contributed by atoms with Crippen molar-refractivity contribution in [3.8, 4) is 0 Å². The number of aromatic nitrogens is 1. The molecule has 0 fully saturated rings. The van der Waals surface area contributed by atoms with Gasteiger partial charge in [-0.05, 0) is 24.6 Å². The third-order valence-electron chi connectivity index (χ3n) is 2.75. The summed E-state index contributed by atoms with van der Waals surface area (Å²) in [4.78, 5) is 24.0. The highest BCUT2D eigenvalue weighted by Crippen LogP contribution is 2.17. The molecule has 0 bridgehead atoms. The SMILES string of the molecule is Cc1ccc(C(=O)O)cc1S(=O)(=O)NCc1csc(=O)[nH]1. The summed E-state index contributed by atoms with van der Waals surface area (Å²) in [7, 11) is -3.87. The molecule has 2 rings (SSSR count). The number of carbonyl (C=O) groups is 1. The summed E-state index contributed by atoms with van der Waals surface area (Å²) >= 11 is 0.937. The number of nitrogens with one attached hydrogen (secondary N) is 2. The Hall–Kier alpha value is -1.97. The van der Waals surface area contributed by atoms with Crippen molar-refractivity contribution in [3.63, 3.8) is 0 Å². The summed E-state index contributed by atoms with van der Waals surface area (Å²) < 4.78 is 26.8. The highest BCUT2D eigenvalue weighted by atomic mass is 32.2. The molecule has 112 valence electrons. The third-order valence-corrected chi connectivity index (χ3v) is 5.01. The van der Waals surface area contributed by atoms with E-state index in [1.54, 1.807) is 6.92 Å². The third kappa shape index (κ3) is 3.57. The minimum Gasteiger partial charge on any atom is -0.478 e. The summed E-state index contributed by atoms with van der Waals surface area (Å²) in [6.07, 6.45) is 0. The van der Waals surface area contributed by atoms with Gasteiger partial charge in [0, 0.05) is 11.1 Å². The first-order valence-electron chi connectivity index (χ1n) is 5.80. The fourth-order valence-corrected chi connectivity index (χ4v) is 3.53. The van der Waals surface area contributed by atoms with E-state index in [9.17, 15) is 18.0 Å². The quantitative estimate of drug-likeness (QED) is 0.754. The predicted octanol–water partition coefficient (Wildman–Crippen LogP) is 0.922. The summed E-state index contributed by atoms with van der Waals surface area (Å²) in [5, 5.41) is 10.4. The Balaban J connectivity index is 2.28. The van der Waals surface area contributed by atoms with Gasteiger partial charge in [-0.25, -0.2) is 17.9 Å². The fraction of sp³-hybridized carbons (Fsp3) is 0.167. The highest BCUT2D eigenvalue weighted by molar-refractivity contribution is 7.89. The molecule has 0 radical (unpaired) electrons. The number of thiazole rings is 1. The van der Waals surface area contributed by atoms with E-state index in [-0.39, 0.29) is 21.9 Å². The lowest BCUT2D eigenvalue weighted by Gasteiger charge is -2.09. The fourth-order valence-electron chi connectivity index (χ4n) is 1.67. The number of H-pyrrole nitrogens is 1. The van der Waals surface area contributed by atoms with Crippen LogP contribution in [0, 0.1) is 6.92 Å². The molecule has 0 saturated carbocycles. The molecule has 0 spiro atoms. The molecule has 0 atom stereocenters. The van der Waals surface area contributed by atoms with E-state index in [4.69, 9.17) is 5.11 Å². The topological polar surface area (TPSA) is 116 Å². The first-order valence-corrected chi connectivity index (χ1v) is 8.16. The maximum atomic E-state index is 12.2. The van der Waals surface area contributed by atoms with E-state index in [0.29, 0.717) is 11.3 Å². The number of aromatic amines is 1. The second-order valence-electron chi connectivity index (χ2n) is 4.28. The Morgan fingerprint density at radius 3 is 2.71 bits per heavy atom. The van der Waals surface area contributed by atoms with E-state index in [0.717, 1.165) is 17.4 Å². The number of rotatable bonds is 5. The second kappa shape index (κ2) is 5.80. The lowest BCUT2D eigenvalue weighted by Crippen LogP contribution is -2.24. The smallest absolute Gasteiger partial charge is 0.335 e. The van der Waals surface area contributed by atoms with Gasteiger partial charge >= 0.3 is 10.8 Å². The van der Waals surface area contributed by atoms with E-state index in [1.165, 1.54) is 17.5 Å². The van der Waals surface area contributed by atoms with Gasteiger partial charge in [0.2, 0.25) is 10.0 Å². The zero-order chi connectivity index (χ0) is 15.6. The Morgan fingerprint density at radius 2 is 2.14 bits per heavy atom. The van der Waals surface area contributed by atoms with Gasteiger partial charge in [0.1, 0.15) is 0 Å². The molecule has 3 N–H and O–H groups in total. The van der Waals surface area contributed by atoms with Gasteiger partial charge < -0.3 is 10.1 Å². The molecule has 9 heteroatoms. The molecule has 0 saturated heterocycles. The molecule has 0 aliphatic carbocycles. The molecular weight excluding hydrogens is 316 g/mol. The maximum absolute atomic E-state index is 12.2. The van der Waals surface area contributed by atoms with Gasteiger partial charge in [-0.1, -0.05) is 17.4 Å². The van der Waals surface area contributed by atoms with Crippen LogP contribution in [0.1, 0.15) is 21.6 Å². The normalized spacial score (nSPS) is 11.5. The molecule has 0 aliphatic heterocycles. The van der Waals surface area contributed by atoms with E-state index in [2.05, 4.69) is 9.71 Å². The van der Waals surface area contributed by atoms with Crippen molar-refractivity contribution in [1.82, 2.24) is 9.71 Å². The number of sulfonamides is 1. The average molecular weight is 328 g/mol. The largest absolute Gasteiger partial charge is 0.478 e. The van der Waals surface area contributed by atoms with Crippen LogP contribution in [-0.4, -0.2) is 24.5 Å². The van der Waals surface area contributed by atoms with Crippen LogP contribution in [-0.2, 0) is 16.6 Å². The van der Waals surface area contributed by atoms with Crippen molar-refractivity contribution in [2.24, 2.45) is 0 Å². The van der Waals surface area contributed by atoms with Crippen LogP contribution >= 0.6 is 11.3 Å². The maximum Gasteiger partial charge on any atom is 0.335 e. The van der Waals surface area contributed by atoms with Crippen molar-refractivity contribution in [2.45, 2.75) is 18.4 Å². The summed E-state index contributed by atoms with van der Waals surface area (Å²) in [5.74, 6) is -1.20. The molecule has 7 nitrogen and oxygen atoms in total. The minimum absolute atomic E-state index is 0.0716. The number of hydrogen-bond donors (Lipinski definition) is 3. The van der Waals surface area contributed by atoms with Gasteiger partial charge in [0.25, 0.3) is 0 Å². The molecule has 0 amide bonds. The summed E-state index contributed by atoms with van der Waals surface area (Å²) in [6, 6.07) is 3.88. The lowest BCUT2D eigenvalue weighted by atomic mass is 10.1. The average Bonchev–Trinajstić information content (AvgIpc) is 2.82. The van der Waals surface area contributed by atoms with Crippen molar-refractivity contribution in [3.05, 3.63) is 50.1 Å². The van der Waals surface area contributed by atoms with Crippen LogP contribution in [0.25, 0.3) is 0 Å². The van der Waals surface area contributed by atoms with E-state index < -0.39 is 16.0 Å². The van der Waals surface area contributed by atoms with Gasteiger partial charge in [-0.3, -0.25) is 4.79 Å². The monoisotopic (exact) mass is 328 g/mol. The van der Waals surface area contributed by atoms with E-state index in [1.807, 2.05) is 0 Å². The molecule has 21 heavy (non-hydrogen) atoms. The van der Waals surface area contributed by atoms with Gasteiger partial charge in [-0.15, -0.1) is 0 Å². The van der Waals surface area contributed by atoms with Crippen LogP contribution in [0.2, 0.25) is 0 Å². The molecule has 0 aliphatic rings. The summed E-state index contributed by atoms with van der Waals surface area (Å²) in [6.45, 7) is 1.50. The van der Waals surface area contributed by atoms with Gasteiger partial charge in [0.15, 0.2) is 0 Å². The van der Waals surface area contributed by atoms with Crippen molar-refractivity contribution in [1.29, 1.82) is 0 Å². The van der Waals surface area contributed by atoms with Crippen molar-refractivity contribution >= 4 is 27.3 Å². The molecule has 1 aromatic carbocycles. The molecular formula is C12H12N2O5S2. The standard InChI is InChI=1S/C12H12N2O5S2/c1-7-2-3-8(11(15)16)4-10(7)21(18,19)13-5-9-6-20-12(17)14-9/h2-4,6,13H,5H2,1H3,(H,14,17)(H,15,16). The Kier molecular flexibility index (Phi) is 4.26. The number of benzene rings is 1. The first-order chi connectivity index (χ1) is 9.79. The van der Waals surface area contributed by atoms with Gasteiger partial charge in [0.05, 0.1) is 17.0 Å². The number of aromatic carboxylic acids is 1. The van der Waals surface area contributed by atoms with Crippen molar-refractivity contribution < 1.29 is 18.3 Å². The first kappa shape index (κ1) is 15.4. The predicted molar refractivity (Wildman–Crippen MR) is 77.1 cm³/mol. The number of aryl methyl sites for hydroxylation is 1. The number of carboxylic acids is 1. The van der Waals surface area contributed by atoms with Crippen LogP contribution in [0.5, 0.6) is 0 Å². The summed E-state index contributed by atoms with van der Waals surface area (Å²) in [5.41, 5.74) is 0.775. The van der Waals surface area contributed by atoms with Gasteiger partial charge in [-0.2, -0.15) is 0 Å². The molecule has 2 aromatic rings. The zero-order valence-corrected chi connectivity index (χ0v) is 12.5. The van der Waals surface area contributed by atoms with Crippen LogP contribution in [0.3, 0.4) is 0 Å². The van der Waals surface area contributed by atoms with Crippen LogP contribution < -0.4 is 9.60 Å².